The lowest BCUT2D eigenvalue weighted by molar-refractivity contribution is -0.385. The van der Waals surface area contributed by atoms with Gasteiger partial charge in [0.1, 0.15) is 11.9 Å². The van der Waals surface area contributed by atoms with Crippen molar-refractivity contribution in [3.05, 3.63) is 27.9 Å². The summed E-state index contributed by atoms with van der Waals surface area (Å²) in [6.07, 6.45) is 2.15. The summed E-state index contributed by atoms with van der Waals surface area (Å²) in [5.74, 6) is -0.566. The Morgan fingerprint density at radius 3 is 2.89 bits per heavy atom. The number of aliphatic carboxylic acids is 1. The molecule has 2 rings (SSSR count). The third-order valence-corrected chi connectivity index (χ3v) is 3.50. The Morgan fingerprint density at radius 1 is 1.63 bits per heavy atom. The van der Waals surface area contributed by atoms with E-state index >= 15 is 0 Å². The molecule has 0 radical (unpaired) electrons. The zero-order valence-corrected chi connectivity index (χ0v) is 10.7. The fourth-order valence-electron chi connectivity index (χ4n) is 2.44. The van der Waals surface area contributed by atoms with Gasteiger partial charge in [0, 0.05) is 18.3 Å². The summed E-state index contributed by atoms with van der Waals surface area (Å²) >= 11 is 0. The maximum atomic E-state index is 11.3. The summed E-state index contributed by atoms with van der Waals surface area (Å²) in [5.41, 5.74) is 0.432. The molecule has 1 N–H and O–H groups in total. The first kappa shape index (κ1) is 13.3. The van der Waals surface area contributed by atoms with E-state index in [9.17, 15) is 20.0 Å². The standard InChI is InChI=1S/C12H15N3O4/c1-7-3-4-14(11(7)12(16)17)10-5-9(15(18)19)8(2)6-13-10/h5-7,11H,3-4H2,1-2H3,(H,16,17). The van der Waals surface area contributed by atoms with Crippen molar-refractivity contribution in [2.45, 2.75) is 26.3 Å². The van der Waals surface area contributed by atoms with E-state index in [1.807, 2.05) is 6.92 Å². The van der Waals surface area contributed by atoms with Crippen LogP contribution >= 0.6 is 0 Å². The van der Waals surface area contributed by atoms with Crippen molar-refractivity contribution in [3.8, 4) is 0 Å². The number of nitrogens with zero attached hydrogens (tertiary/aromatic N) is 3. The third-order valence-electron chi connectivity index (χ3n) is 3.50. The summed E-state index contributed by atoms with van der Waals surface area (Å²) < 4.78 is 0. The van der Waals surface area contributed by atoms with Gasteiger partial charge in [0.15, 0.2) is 0 Å². The monoisotopic (exact) mass is 265 g/mol. The van der Waals surface area contributed by atoms with E-state index < -0.39 is 16.9 Å². The van der Waals surface area contributed by atoms with Crippen LogP contribution in [0.15, 0.2) is 12.3 Å². The Labute approximate surface area is 110 Å². The number of hydrogen-bond acceptors (Lipinski definition) is 5. The van der Waals surface area contributed by atoms with E-state index in [2.05, 4.69) is 4.98 Å². The Kier molecular flexibility index (Phi) is 3.37. The van der Waals surface area contributed by atoms with Crippen LogP contribution in [0.4, 0.5) is 11.5 Å². The predicted octanol–water partition coefficient (Wildman–Crippen LogP) is 1.60. The Morgan fingerprint density at radius 2 is 2.32 bits per heavy atom. The predicted molar refractivity (Wildman–Crippen MR) is 68.2 cm³/mol. The summed E-state index contributed by atoms with van der Waals surface area (Å²) in [4.78, 5) is 27.5. The maximum absolute atomic E-state index is 11.3. The molecule has 2 unspecified atom stereocenters. The zero-order chi connectivity index (χ0) is 14.2. The molecular formula is C12H15N3O4. The molecule has 0 aromatic carbocycles. The number of carbonyl (C=O) groups is 1. The van der Waals surface area contributed by atoms with Gasteiger partial charge in [-0.15, -0.1) is 0 Å². The molecule has 0 saturated carbocycles. The Bertz CT molecular complexity index is 532. The molecule has 1 aliphatic rings. The van der Waals surface area contributed by atoms with E-state index in [1.165, 1.54) is 12.3 Å². The second-order valence-electron chi connectivity index (χ2n) is 4.83. The van der Waals surface area contributed by atoms with E-state index in [0.29, 0.717) is 17.9 Å². The SMILES string of the molecule is Cc1cnc(N2CCC(C)C2C(=O)O)cc1[N+](=O)[O-]. The fraction of sp³-hybridized carbons (Fsp3) is 0.500. The van der Waals surface area contributed by atoms with Crippen LogP contribution in [0.5, 0.6) is 0 Å². The Balaban J connectivity index is 2.39. The fourth-order valence-corrected chi connectivity index (χ4v) is 2.44. The van der Waals surface area contributed by atoms with Crippen LogP contribution in [0.1, 0.15) is 18.9 Å². The molecule has 1 fully saturated rings. The second kappa shape index (κ2) is 4.83. The van der Waals surface area contributed by atoms with Gasteiger partial charge in [-0.2, -0.15) is 0 Å². The third kappa shape index (κ3) is 2.35. The highest BCUT2D eigenvalue weighted by atomic mass is 16.6. The van der Waals surface area contributed by atoms with Gasteiger partial charge in [0.25, 0.3) is 5.69 Å². The first-order valence-corrected chi connectivity index (χ1v) is 6.02. The first-order chi connectivity index (χ1) is 8.91. The number of aromatic nitrogens is 1. The number of aryl methyl sites for hydroxylation is 1. The normalized spacial score (nSPS) is 22.5. The molecule has 0 bridgehead atoms. The van der Waals surface area contributed by atoms with E-state index in [-0.39, 0.29) is 11.6 Å². The number of carboxylic acid groups (broad SMARTS) is 1. The summed E-state index contributed by atoms with van der Waals surface area (Å²) in [6.45, 7) is 4.02. The van der Waals surface area contributed by atoms with Crippen LogP contribution < -0.4 is 4.90 Å². The van der Waals surface area contributed by atoms with Crippen molar-refractivity contribution < 1.29 is 14.8 Å². The van der Waals surface area contributed by atoms with Gasteiger partial charge in [-0.25, -0.2) is 9.78 Å². The van der Waals surface area contributed by atoms with Gasteiger partial charge in [-0.05, 0) is 19.3 Å². The van der Waals surface area contributed by atoms with E-state index in [1.54, 1.807) is 11.8 Å². The number of rotatable bonds is 3. The van der Waals surface area contributed by atoms with Crippen LogP contribution in [0.3, 0.4) is 0 Å². The highest BCUT2D eigenvalue weighted by Crippen LogP contribution is 2.31. The lowest BCUT2D eigenvalue weighted by Crippen LogP contribution is -2.39. The highest BCUT2D eigenvalue weighted by Gasteiger charge is 2.38. The average molecular weight is 265 g/mol. The van der Waals surface area contributed by atoms with Crippen molar-refractivity contribution >= 4 is 17.5 Å². The van der Waals surface area contributed by atoms with Crippen LogP contribution in [-0.4, -0.2) is 33.6 Å². The van der Waals surface area contributed by atoms with Crippen LogP contribution in [0, 0.1) is 23.0 Å². The first-order valence-electron chi connectivity index (χ1n) is 6.02. The topological polar surface area (TPSA) is 96.6 Å². The maximum Gasteiger partial charge on any atom is 0.326 e. The molecular weight excluding hydrogens is 250 g/mol. The molecule has 19 heavy (non-hydrogen) atoms. The molecule has 2 atom stereocenters. The molecule has 0 aliphatic carbocycles. The number of pyridine rings is 1. The lowest BCUT2D eigenvalue weighted by Gasteiger charge is -2.24. The minimum atomic E-state index is -0.921. The second-order valence-corrected chi connectivity index (χ2v) is 4.83. The van der Waals surface area contributed by atoms with Gasteiger partial charge < -0.3 is 10.0 Å². The van der Waals surface area contributed by atoms with Crippen molar-refractivity contribution in [1.82, 2.24) is 4.98 Å². The molecule has 1 aliphatic heterocycles. The van der Waals surface area contributed by atoms with Gasteiger partial charge in [-0.1, -0.05) is 6.92 Å². The molecule has 0 amide bonds. The molecule has 1 aromatic rings. The average Bonchev–Trinajstić information content (AvgIpc) is 2.71. The number of carboxylic acids is 1. The van der Waals surface area contributed by atoms with Crippen molar-refractivity contribution in [1.29, 1.82) is 0 Å². The van der Waals surface area contributed by atoms with Gasteiger partial charge in [-0.3, -0.25) is 10.1 Å². The summed E-state index contributed by atoms with van der Waals surface area (Å²) in [7, 11) is 0. The molecule has 2 heterocycles. The van der Waals surface area contributed by atoms with Gasteiger partial charge in [0.05, 0.1) is 11.0 Å². The van der Waals surface area contributed by atoms with Crippen molar-refractivity contribution in [2.75, 3.05) is 11.4 Å². The van der Waals surface area contributed by atoms with Crippen molar-refractivity contribution in [3.63, 3.8) is 0 Å². The minimum absolute atomic E-state index is 0.000316. The quantitative estimate of drug-likeness (QED) is 0.658. The summed E-state index contributed by atoms with van der Waals surface area (Å²) in [6, 6.07) is 0.679. The molecule has 0 spiro atoms. The molecule has 1 aromatic heterocycles. The number of nitro groups is 1. The largest absolute Gasteiger partial charge is 0.480 e. The van der Waals surface area contributed by atoms with Crippen LogP contribution in [0.2, 0.25) is 0 Å². The smallest absolute Gasteiger partial charge is 0.326 e. The number of anilines is 1. The van der Waals surface area contributed by atoms with Crippen molar-refractivity contribution in [2.24, 2.45) is 5.92 Å². The number of hydrogen-bond donors (Lipinski definition) is 1. The molecule has 7 nitrogen and oxygen atoms in total. The van der Waals surface area contributed by atoms with Gasteiger partial charge in [0.2, 0.25) is 0 Å². The van der Waals surface area contributed by atoms with Crippen LogP contribution in [0.25, 0.3) is 0 Å². The lowest BCUT2D eigenvalue weighted by atomic mass is 10.0. The molecule has 1 saturated heterocycles. The highest BCUT2D eigenvalue weighted by molar-refractivity contribution is 5.79. The van der Waals surface area contributed by atoms with E-state index in [0.717, 1.165) is 6.42 Å². The van der Waals surface area contributed by atoms with Gasteiger partial charge >= 0.3 is 5.97 Å². The summed E-state index contributed by atoms with van der Waals surface area (Å²) in [5, 5.41) is 20.2. The van der Waals surface area contributed by atoms with E-state index in [4.69, 9.17) is 0 Å². The zero-order valence-electron chi connectivity index (χ0n) is 10.7. The Hall–Kier alpha value is -2.18. The van der Waals surface area contributed by atoms with Crippen LogP contribution in [-0.2, 0) is 4.79 Å². The molecule has 102 valence electrons. The molecule has 7 heteroatoms. The minimum Gasteiger partial charge on any atom is -0.480 e.